The first-order chi connectivity index (χ1) is 19.0. The van der Waals surface area contributed by atoms with E-state index in [2.05, 4.69) is 15.6 Å². The number of anilines is 1. The van der Waals surface area contributed by atoms with Crippen LogP contribution in [0.15, 0.2) is 64.3 Å². The first-order valence-electron chi connectivity index (χ1n) is 12.9. The third kappa shape index (κ3) is 5.60. The highest BCUT2D eigenvalue weighted by atomic mass is 19.1. The summed E-state index contributed by atoms with van der Waals surface area (Å²) in [6, 6.07) is 14.9. The molecule has 4 aromatic rings. The first-order valence-corrected chi connectivity index (χ1v) is 12.9. The third-order valence-electron chi connectivity index (χ3n) is 7.00. The Balaban J connectivity index is 1.72. The van der Waals surface area contributed by atoms with Crippen LogP contribution in [0.5, 0.6) is 5.75 Å². The van der Waals surface area contributed by atoms with Crippen LogP contribution in [-0.2, 0) is 13.6 Å². The van der Waals surface area contributed by atoms with Crippen molar-refractivity contribution in [2.24, 2.45) is 7.05 Å². The van der Waals surface area contributed by atoms with Crippen LogP contribution in [-0.4, -0.2) is 28.6 Å². The second kappa shape index (κ2) is 11.7. The highest BCUT2D eigenvalue weighted by Gasteiger charge is 2.18. The van der Waals surface area contributed by atoms with Crippen LogP contribution in [0.1, 0.15) is 40.9 Å². The molecule has 0 unspecified atom stereocenters. The fourth-order valence-electron chi connectivity index (χ4n) is 4.65. The van der Waals surface area contributed by atoms with Gasteiger partial charge in [0.2, 0.25) is 0 Å². The number of nitrogens with zero attached hydrogens (tertiary/aromatic N) is 1. The van der Waals surface area contributed by atoms with Crippen molar-refractivity contribution >= 4 is 11.6 Å². The van der Waals surface area contributed by atoms with Gasteiger partial charge in [0.1, 0.15) is 17.1 Å². The summed E-state index contributed by atoms with van der Waals surface area (Å²) in [5.41, 5.74) is 4.58. The number of carbonyl (C=O) groups excluding carboxylic acids is 1. The van der Waals surface area contributed by atoms with Gasteiger partial charge in [-0.15, -0.1) is 0 Å². The molecule has 40 heavy (non-hydrogen) atoms. The SMILES string of the molecule is COc1cc(-c2cccc(-c3cccc(NC(=O)c4c[nH]c(=O)n(C)c4=O)c3C)c2C)cc(F)c1CNC(C)C. The maximum absolute atomic E-state index is 15.2. The van der Waals surface area contributed by atoms with E-state index < -0.39 is 17.2 Å². The molecule has 0 spiro atoms. The van der Waals surface area contributed by atoms with E-state index in [9.17, 15) is 14.4 Å². The Kier molecular flexibility index (Phi) is 8.35. The number of aromatic nitrogens is 2. The minimum absolute atomic E-state index is 0.173. The molecule has 9 heteroatoms. The Morgan fingerprint density at radius 1 is 1.02 bits per heavy atom. The van der Waals surface area contributed by atoms with E-state index in [0.717, 1.165) is 38.6 Å². The van der Waals surface area contributed by atoms with Crippen LogP contribution in [0.25, 0.3) is 22.3 Å². The van der Waals surface area contributed by atoms with Crippen molar-refractivity contribution in [3.63, 3.8) is 0 Å². The van der Waals surface area contributed by atoms with E-state index >= 15 is 4.39 Å². The number of aromatic amines is 1. The summed E-state index contributed by atoms with van der Waals surface area (Å²) in [7, 11) is 2.84. The molecule has 0 saturated carbocycles. The minimum atomic E-state index is -0.688. The molecule has 1 aromatic heterocycles. The number of amides is 1. The summed E-state index contributed by atoms with van der Waals surface area (Å²) in [5.74, 6) is -0.499. The molecule has 208 valence electrons. The number of hydrogen-bond donors (Lipinski definition) is 3. The van der Waals surface area contributed by atoms with Crippen molar-refractivity contribution in [2.75, 3.05) is 12.4 Å². The molecular formula is C31H33FN4O4. The van der Waals surface area contributed by atoms with Crippen LogP contribution < -0.4 is 26.6 Å². The maximum Gasteiger partial charge on any atom is 0.328 e. The lowest BCUT2D eigenvalue weighted by atomic mass is 9.90. The van der Waals surface area contributed by atoms with Crippen LogP contribution in [0, 0.1) is 19.7 Å². The van der Waals surface area contributed by atoms with Crippen LogP contribution in [0.4, 0.5) is 10.1 Å². The second-order valence-corrected chi connectivity index (χ2v) is 9.96. The zero-order valence-corrected chi connectivity index (χ0v) is 23.4. The quantitative estimate of drug-likeness (QED) is 0.292. The molecule has 3 N–H and O–H groups in total. The zero-order chi connectivity index (χ0) is 29.1. The molecule has 0 radical (unpaired) electrons. The lowest BCUT2D eigenvalue weighted by molar-refractivity contribution is 0.102. The van der Waals surface area contributed by atoms with Crippen LogP contribution in [0.2, 0.25) is 0 Å². The monoisotopic (exact) mass is 544 g/mol. The molecule has 0 atom stereocenters. The molecule has 0 bridgehead atoms. The van der Waals surface area contributed by atoms with Gasteiger partial charge in [-0.3, -0.25) is 14.2 Å². The summed E-state index contributed by atoms with van der Waals surface area (Å²) < 4.78 is 21.6. The van der Waals surface area contributed by atoms with Crippen molar-refractivity contribution in [2.45, 2.75) is 40.3 Å². The number of benzene rings is 3. The first kappa shape index (κ1) is 28.5. The average molecular weight is 545 g/mol. The number of ether oxygens (including phenoxy) is 1. The molecule has 1 amide bonds. The lowest BCUT2D eigenvalue weighted by Gasteiger charge is -2.18. The van der Waals surface area contributed by atoms with Gasteiger partial charge in [0, 0.05) is 37.1 Å². The number of hydrogen-bond acceptors (Lipinski definition) is 5. The van der Waals surface area contributed by atoms with Gasteiger partial charge in [-0.05, 0) is 65.4 Å². The molecule has 0 aliphatic carbocycles. The molecule has 0 aliphatic heterocycles. The van der Waals surface area contributed by atoms with Crippen molar-refractivity contribution in [1.82, 2.24) is 14.9 Å². The fourth-order valence-corrected chi connectivity index (χ4v) is 4.65. The summed E-state index contributed by atoms with van der Waals surface area (Å²) in [5, 5.41) is 6.03. The fraction of sp³-hybridized carbons (Fsp3) is 0.258. The Bertz CT molecular complexity index is 1710. The van der Waals surface area contributed by atoms with Gasteiger partial charge in [-0.2, -0.15) is 0 Å². The lowest BCUT2D eigenvalue weighted by Crippen LogP contribution is -2.37. The highest BCUT2D eigenvalue weighted by Crippen LogP contribution is 2.37. The Hall–Kier alpha value is -4.50. The maximum atomic E-state index is 15.2. The summed E-state index contributed by atoms with van der Waals surface area (Å²) in [4.78, 5) is 39.4. The molecular weight excluding hydrogens is 511 g/mol. The summed E-state index contributed by atoms with van der Waals surface area (Å²) in [6.07, 6.45) is 1.12. The minimum Gasteiger partial charge on any atom is -0.496 e. The highest BCUT2D eigenvalue weighted by molar-refractivity contribution is 6.04. The van der Waals surface area contributed by atoms with E-state index in [1.165, 1.54) is 20.2 Å². The van der Waals surface area contributed by atoms with Gasteiger partial charge >= 0.3 is 5.69 Å². The standard InChI is InChI=1S/C31H33FN4O4/c1-17(2)33-15-24-26(32)13-20(14-28(24)40-6)21-9-7-10-22(18(21)3)23-11-8-12-27(19(23)4)35-29(37)25-16-34-31(39)36(5)30(25)38/h7-14,16-17,33H,15H2,1-6H3,(H,34,39)(H,35,37). The van der Waals surface area contributed by atoms with Crippen LogP contribution in [0.3, 0.4) is 0 Å². The van der Waals surface area contributed by atoms with E-state index in [0.29, 0.717) is 29.1 Å². The molecule has 0 aliphatic rings. The number of carbonyl (C=O) groups is 1. The van der Waals surface area contributed by atoms with Gasteiger partial charge in [0.25, 0.3) is 11.5 Å². The Morgan fingerprint density at radius 2 is 1.68 bits per heavy atom. The predicted octanol–water partition coefficient (Wildman–Crippen LogP) is 4.92. The Morgan fingerprint density at radius 3 is 2.35 bits per heavy atom. The van der Waals surface area contributed by atoms with E-state index in [1.807, 2.05) is 64.1 Å². The third-order valence-corrected chi connectivity index (χ3v) is 7.00. The summed E-state index contributed by atoms with van der Waals surface area (Å²) in [6.45, 7) is 8.20. The number of halogens is 1. The predicted molar refractivity (Wildman–Crippen MR) is 156 cm³/mol. The van der Waals surface area contributed by atoms with E-state index in [4.69, 9.17) is 4.74 Å². The molecule has 1 heterocycles. The van der Waals surface area contributed by atoms with Crippen molar-refractivity contribution in [1.29, 1.82) is 0 Å². The van der Waals surface area contributed by atoms with Crippen molar-refractivity contribution in [3.05, 3.63) is 104 Å². The summed E-state index contributed by atoms with van der Waals surface area (Å²) >= 11 is 0. The average Bonchev–Trinajstić information content (AvgIpc) is 2.92. The topological polar surface area (TPSA) is 105 Å². The molecule has 3 aromatic carbocycles. The van der Waals surface area contributed by atoms with Gasteiger partial charge in [0.05, 0.1) is 7.11 Å². The van der Waals surface area contributed by atoms with E-state index in [1.54, 1.807) is 6.07 Å². The van der Waals surface area contributed by atoms with Crippen molar-refractivity contribution in [3.8, 4) is 28.0 Å². The van der Waals surface area contributed by atoms with E-state index in [-0.39, 0.29) is 17.4 Å². The van der Waals surface area contributed by atoms with Gasteiger partial charge in [-0.1, -0.05) is 44.2 Å². The number of rotatable bonds is 8. The normalized spacial score (nSPS) is 11.1. The Labute approximate surface area is 231 Å². The molecule has 8 nitrogen and oxygen atoms in total. The number of methoxy groups -OCH3 is 1. The van der Waals surface area contributed by atoms with Crippen LogP contribution >= 0.6 is 0 Å². The largest absolute Gasteiger partial charge is 0.496 e. The molecule has 0 fully saturated rings. The zero-order valence-electron chi connectivity index (χ0n) is 23.4. The number of nitrogens with one attached hydrogen (secondary N) is 3. The van der Waals surface area contributed by atoms with Gasteiger partial charge < -0.3 is 20.4 Å². The van der Waals surface area contributed by atoms with Crippen molar-refractivity contribution < 1.29 is 13.9 Å². The molecule has 4 rings (SSSR count). The smallest absolute Gasteiger partial charge is 0.328 e. The van der Waals surface area contributed by atoms with Gasteiger partial charge in [-0.25, -0.2) is 9.18 Å². The second-order valence-electron chi connectivity index (χ2n) is 9.96. The van der Waals surface area contributed by atoms with Gasteiger partial charge in [0.15, 0.2) is 0 Å². The number of H-pyrrole nitrogens is 1. The molecule has 0 saturated heterocycles.